The fourth-order valence-electron chi connectivity index (χ4n) is 2.81. The predicted octanol–water partition coefficient (Wildman–Crippen LogP) is 6.01. The number of hydrogen-bond acceptors (Lipinski definition) is 2. The molecule has 0 atom stereocenters. The summed E-state index contributed by atoms with van der Waals surface area (Å²) in [5, 5.41) is 0.00808. The molecule has 2 aromatic carbocycles. The van der Waals surface area contributed by atoms with E-state index in [0.717, 1.165) is 12.1 Å². The second kappa shape index (κ2) is 6.44. The molecule has 1 heterocycles. The Labute approximate surface area is 151 Å². The van der Waals surface area contributed by atoms with Gasteiger partial charge in [0.25, 0.3) is 0 Å². The summed E-state index contributed by atoms with van der Waals surface area (Å²) in [5.74, 6) is 0. The van der Waals surface area contributed by atoms with E-state index in [1.165, 1.54) is 12.1 Å². The minimum absolute atomic E-state index is 0.00808. The van der Waals surface area contributed by atoms with Crippen LogP contribution >= 0.6 is 0 Å². The van der Waals surface area contributed by atoms with Gasteiger partial charge in [0.2, 0.25) is 0 Å². The molecule has 0 radical (unpaired) electrons. The second-order valence-corrected chi connectivity index (χ2v) is 6.20. The maximum absolute atomic E-state index is 13.3. The summed E-state index contributed by atoms with van der Waals surface area (Å²) in [6, 6.07) is 10.6. The molecule has 3 rings (SSSR count). The molecular weight excluding hydrogens is 370 g/mol. The van der Waals surface area contributed by atoms with Crippen molar-refractivity contribution < 1.29 is 26.3 Å². The summed E-state index contributed by atoms with van der Waals surface area (Å²) in [4.78, 5) is 5.05. The van der Waals surface area contributed by atoms with E-state index in [1.807, 2.05) is 0 Å². The van der Waals surface area contributed by atoms with Crippen molar-refractivity contribution >= 4 is 16.6 Å². The summed E-state index contributed by atoms with van der Waals surface area (Å²) in [5.41, 5.74) is -2.16. The van der Waals surface area contributed by atoms with Gasteiger partial charge < -0.3 is 4.90 Å². The van der Waals surface area contributed by atoms with Gasteiger partial charge in [0.1, 0.15) is 5.69 Å². The number of pyridine rings is 1. The fourth-order valence-corrected chi connectivity index (χ4v) is 2.81. The second-order valence-electron chi connectivity index (χ2n) is 6.20. The molecule has 0 spiro atoms. The highest BCUT2D eigenvalue weighted by molar-refractivity contribution is 5.97. The van der Waals surface area contributed by atoms with Crippen molar-refractivity contribution in [2.24, 2.45) is 0 Å². The molecule has 0 bridgehead atoms. The first-order chi connectivity index (χ1) is 12.5. The van der Waals surface area contributed by atoms with Crippen LogP contribution in [0.4, 0.5) is 32.0 Å². The topological polar surface area (TPSA) is 16.1 Å². The van der Waals surface area contributed by atoms with Gasteiger partial charge in [-0.15, -0.1) is 0 Å². The Hall–Kier alpha value is -2.77. The molecule has 0 aliphatic heterocycles. The maximum atomic E-state index is 13.3. The van der Waals surface area contributed by atoms with E-state index in [9.17, 15) is 26.3 Å². The summed E-state index contributed by atoms with van der Waals surface area (Å²) in [6.45, 7) is 0. The molecule has 0 unspecified atom stereocenters. The standard InChI is InChI=1S/C19H14F6N2/c1-27(2)12-6-3-5-11(9-12)14-10-16(19(23,24)25)26-17-13(14)7-4-8-15(17)18(20,21)22/h3-10H,1-2H3. The van der Waals surface area contributed by atoms with Crippen LogP contribution in [0.3, 0.4) is 0 Å². The molecule has 0 saturated carbocycles. The number of rotatable bonds is 2. The van der Waals surface area contributed by atoms with E-state index < -0.39 is 29.1 Å². The molecule has 3 aromatic rings. The Morgan fingerprint density at radius 3 is 2.07 bits per heavy atom. The molecule has 142 valence electrons. The van der Waals surface area contributed by atoms with Gasteiger partial charge in [-0.05, 0) is 35.4 Å². The SMILES string of the molecule is CN(C)c1cccc(-c2cc(C(F)(F)F)nc3c(C(F)(F)F)cccc23)c1. The Bertz CT molecular complexity index is 990. The molecular formula is C19H14F6N2. The summed E-state index contributed by atoms with van der Waals surface area (Å²) >= 11 is 0. The lowest BCUT2D eigenvalue weighted by atomic mass is 9.97. The van der Waals surface area contributed by atoms with Crippen molar-refractivity contribution in [3.8, 4) is 11.1 Å². The Morgan fingerprint density at radius 2 is 1.48 bits per heavy atom. The summed E-state index contributed by atoms with van der Waals surface area (Å²) in [7, 11) is 3.51. The number of aromatic nitrogens is 1. The van der Waals surface area contributed by atoms with Gasteiger partial charge in [-0.1, -0.05) is 24.3 Å². The van der Waals surface area contributed by atoms with Crippen molar-refractivity contribution in [2.45, 2.75) is 12.4 Å². The highest BCUT2D eigenvalue weighted by atomic mass is 19.4. The van der Waals surface area contributed by atoms with Crippen LogP contribution in [0.5, 0.6) is 0 Å². The number of nitrogens with zero attached hydrogens (tertiary/aromatic N) is 2. The number of anilines is 1. The zero-order valence-electron chi connectivity index (χ0n) is 14.3. The van der Waals surface area contributed by atoms with Crippen molar-refractivity contribution in [3.63, 3.8) is 0 Å². The number of para-hydroxylation sites is 1. The van der Waals surface area contributed by atoms with E-state index in [0.29, 0.717) is 11.3 Å². The molecule has 0 aliphatic rings. The minimum Gasteiger partial charge on any atom is -0.378 e. The van der Waals surface area contributed by atoms with Gasteiger partial charge in [0.15, 0.2) is 0 Å². The van der Waals surface area contributed by atoms with Gasteiger partial charge >= 0.3 is 12.4 Å². The third kappa shape index (κ3) is 3.70. The van der Waals surface area contributed by atoms with Crippen molar-refractivity contribution in [2.75, 3.05) is 19.0 Å². The lowest BCUT2D eigenvalue weighted by molar-refractivity contribution is -0.142. The van der Waals surface area contributed by atoms with E-state index in [2.05, 4.69) is 4.98 Å². The number of alkyl halides is 6. The normalized spacial score (nSPS) is 12.4. The van der Waals surface area contributed by atoms with Gasteiger partial charge in [0.05, 0.1) is 11.1 Å². The van der Waals surface area contributed by atoms with Crippen LogP contribution in [0.15, 0.2) is 48.5 Å². The molecule has 0 fully saturated rings. The Balaban J connectivity index is 2.40. The molecule has 0 amide bonds. The molecule has 8 heteroatoms. The van der Waals surface area contributed by atoms with Crippen molar-refractivity contribution in [1.82, 2.24) is 4.98 Å². The lowest BCUT2D eigenvalue weighted by Gasteiger charge is -2.17. The van der Waals surface area contributed by atoms with Gasteiger partial charge in [-0.25, -0.2) is 4.98 Å². The smallest absolute Gasteiger partial charge is 0.378 e. The molecule has 27 heavy (non-hydrogen) atoms. The van der Waals surface area contributed by atoms with Crippen LogP contribution < -0.4 is 4.90 Å². The first-order valence-electron chi connectivity index (χ1n) is 7.84. The number of hydrogen-bond donors (Lipinski definition) is 0. The van der Waals surface area contributed by atoms with Crippen LogP contribution in [0, 0.1) is 0 Å². The molecule has 0 aliphatic carbocycles. The van der Waals surface area contributed by atoms with E-state index in [1.54, 1.807) is 43.3 Å². The lowest BCUT2D eigenvalue weighted by Crippen LogP contribution is -2.12. The van der Waals surface area contributed by atoms with Gasteiger partial charge in [0, 0.05) is 25.2 Å². The van der Waals surface area contributed by atoms with Crippen molar-refractivity contribution in [1.29, 1.82) is 0 Å². The quantitative estimate of drug-likeness (QED) is 0.504. The highest BCUT2D eigenvalue weighted by Crippen LogP contribution is 2.40. The number of halogens is 6. The fraction of sp³-hybridized carbons (Fsp3) is 0.211. The Morgan fingerprint density at radius 1 is 0.815 bits per heavy atom. The van der Waals surface area contributed by atoms with Crippen LogP contribution in [0.25, 0.3) is 22.0 Å². The van der Waals surface area contributed by atoms with Gasteiger partial charge in [-0.3, -0.25) is 0 Å². The number of fused-ring (bicyclic) bond motifs is 1. The zero-order valence-corrected chi connectivity index (χ0v) is 14.3. The summed E-state index contributed by atoms with van der Waals surface area (Å²) in [6.07, 6.45) is -9.69. The van der Waals surface area contributed by atoms with Crippen molar-refractivity contribution in [3.05, 3.63) is 59.8 Å². The Kier molecular flexibility index (Phi) is 4.53. The van der Waals surface area contributed by atoms with Crippen LogP contribution in [0.1, 0.15) is 11.3 Å². The van der Waals surface area contributed by atoms with Crippen LogP contribution in [-0.4, -0.2) is 19.1 Å². The predicted molar refractivity (Wildman–Crippen MR) is 91.5 cm³/mol. The first-order valence-corrected chi connectivity index (χ1v) is 7.84. The average Bonchev–Trinajstić information content (AvgIpc) is 2.58. The van der Waals surface area contributed by atoms with E-state index >= 15 is 0 Å². The molecule has 0 saturated heterocycles. The summed E-state index contributed by atoms with van der Waals surface area (Å²) < 4.78 is 79.9. The number of benzene rings is 2. The van der Waals surface area contributed by atoms with E-state index in [4.69, 9.17) is 0 Å². The average molecular weight is 384 g/mol. The molecule has 1 aromatic heterocycles. The maximum Gasteiger partial charge on any atom is 0.433 e. The van der Waals surface area contributed by atoms with Crippen LogP contribution in [0.2, 0.25) is 0 Å². The third-order valence-electron chi connectivity index (χ3n) is 4.11. The molecule has 2 nitrogen and oxygen atoms in total. The van der Waals surface area contributed by atoms with Crippen LogP contribution in [-0.2, 0) is 12.4 Å². The zero-order chi connectivity index (χ0) is 20.0. The highest BCUT2D eigenvalue weighted by Gasteiger charge is 2.37. The minimum atomic E-state index is -4.87. The van der Waals surface area contributed by atoms with Gasteiger partial charge in [-0.2, -0.15) is 26.3 Å². The van der Waals surface area contributed by atoms with E-state index in [-0.39, 0.29) is 10.9 Å². The monoisotopic (exact) mass is 384 g/mol. The first kappa shape index (κ1) is 19.0. The largest absolute Gasteiger partial charge is 0.433 e. The third-order valence-corrected chi connectivity index (χ3v) is 4.11. The molecule has 0 N–H and O–H groups in total.